The number of pyridine rings is 1. The van der Waals surface area contributed by atoms with Crippen LogP contribution in [0.3, 0.4) is 0 Å². The maximum absolute atomic E-state index is 12.7. The summed E-state index contributed by atoms with van der Waals surface area (Å²) < 4.78 is 38.2. The molecule has 2 aliphatic rings. The highest BCUT2D eigenvalue weighted by Gasteiger charge is 2.30. The summed E-state index contributed by atoms with van der Waals surface area (Å²) in [5, 5.41) is 3.51. The zero-order valence-electron chi connectivity index (χ0n) is 16.5. The molecule has 0 saturated carbocycles. The normalized spacial score (nSPS) is 21.1. The quantitative estimate of drug-likeness (QED) is 0.830. The number of aromatic nitrogens is 1. The van der Waals surface area contributed by atoms with Crippen LogP contribution in [-0.2, 0) is 25.6 Å². The molecule has 3 heterocycles. The van der Waals surface area contributed by atoms with Crippen LogP contribution in [0.1, 0.15) is 22.4 Å². The van der Waals surface area contributed by atoms with Crippen molar-refractivity contribution in [2.75, 3.05) is 39.3 Å². The molecule has 1 N–H and O–H groups in total. The van der Waals surface area contributed by atoms with Crippen molar-refractivity contribution < 1.29 is 13.2 Å². The summed E-state index contributed by atoms with van der Waals surface area (Å²) in [6, 6.07) is 10.00. The second-order valence-corrected chi connectivity index (χ2v) is 7.99. The molecule has 2 aliphatic heterocycles. The summed E-state index contributed by atoms with van der Waals surface area (Å²) in [5.74, 6) is 0. The molecular weight excluding hydrogens is 377 g/mol. The average molecular weight is 404 g/mol. The van der Waals surface area contributed by atoms with Crippen LogP contribution >= 0.6 is 0 Å². The highest BCUT2D eigenvalue weighted by molar-refractivity contribution is 5.25. The van der Waals surface area contributed by atoms with Gasteiger partial charge in [-0.05, 0) is 35.7 Å². The van der Waals surface area contributed by atoms with Gasteiger partial charge in [0.05, 0.1) is 5.56 Å². The summed E-state index contributed by atoms with van der Waals surface area (Å²) in [4.78, 5) is 9.41. The second kappa shape index (κ2) is 8.81. The molecule has 1 aromatic heterocycles. The predicted molar refractivity (Wildman–Crippen MR) is 107 cm³/mol. The predicted octanol–water partition coefficient (Wildman–Crippen LogP) is 2.98. The summed E-state index contributed by atoms with van der Waals surface area (Å²) in [5.41, 5.74) is 2.91. The zero-order chi connectivity index (χ0) is 20.3. The molecule has 1 atom stereocenters. The van der Waals surface area contributed by atoms with Crippen LogP contribution in [0.2, 0.25) is 0 Å². The number of fused-ring (bicyclic) bond motifs is 1. The van der Waals surface area contributed by atoms with Gasteiger partial charge >= 0.3 is 6.18 Å². The second-order valence-electron chi connectivity index (χ2n) is 7.99. The minimum atomic E-state index is -4.27. The molecule has 4 rings (SSSR count). The number of rotatable bonds is 5. The first-order valence-corrected chi connectivity index (χ1v) is 10.2. The third-order valence-electron chi connectivity index (χ3n) is 5.88. The van der Waals surface area contributed by atoms with Gasteiger partial charge < -0.3 is 5.32 Å². The van der Waals surface area contributed by atoms with Crippen LogP contribution in [0.25, 0.3) is 0 Å². The van der Waals surface area contributed by atoms with Gasteiger partial charge in [-0.15, -0.1) is 0 Å². The van der Waals surface area contributed by atoms with E-state index in [0.29, 0.717) is 0 Å². The van der Waals surface area contributed by atoms with Crippen molar-refractivity contribution in [3.8, 4) is 0 Å². The highest BCUT2D eigenvalue weighted by Crippen LogP contribution is 2.29. The Hall–Kier alpha value is -1.96. The lowest BCUT2D eigenvalue weighted by Gasteiger charge is -2.36. The van der Waals surface area contributed by atoms with E-state index in [1.54, 1.807) is 12.1 Å². The first kappa shape index (κ1) is 20.3. The standard InChI is InChI=1S/C22H27F3N4/c23-22(24,25)19-5-3-17(4-6-19)14-20-16-29(11-9-26-20)13-12-28-10-7-21-18(15-28)2-1-8-27-21/h1-6,8,20,26H,7,9-16H2/t20-/m1/s1. The molecule has 1 aromatic carbocycles. The van der Waals surface area contributed by atoms with E-state index in [4.69, 9.17) is 0 Å². The molecule has 4 nitrogen and oxygen atoms in total. The van der Waals surface area contributed by atoms with E-state index in [1.807, 2.05) is 12.3 Å². The molecule has 29 heavy (non-hydrogen) atoms. The number of alkyl halides is 3. The van der Waals surface area contributed by atoms with Crippen LogP contribution in [0.15, 0.2) is 42.6 Å². The number of nitrogens with one attached hydrogen (secondary N) is 1. The van der Waals surface area contributed by atoms with Crippen LogP contribution in [-0.4, -0.2) is 60.1 Å². The van der Waals surface area contributed by atoms with Crippen LogP contribution in [0.5, 0.6) is 0 Å². The Morgan fingerprint density at radius 3 is 2.62 bits per heavy atom. The van der Waals surface area contributed by atoms with Gasteiger partial charge in [0.15, 0.2) is 0 Å². The fraction of sp³-hybridized carbons (Fsp3) is 0.500. The van der Waals surface area contributed by atoms with E-state index in [2.05, 4.69) is 26.2 Å². The first-order valence-electron chi connectivity index (χ1n) is 10.2. The number of halogens is 3. The number of benzene rings is 1. The van der Waals surface area contributed by atoms with Crippen LogP contribution in [0, 0.1) is 0 Å². The van der Waals surface area contributed by atoms with Crippen molar-refractivity contribution in [3.63, 3.8) is 0 Å². The third-order valence-corrected chi connectivity index (χ3v) is 5.88. The Bertz CT molecular complexity index is 806. The Balaban J connectivity index is 1.26. The number of nitrogens with zero attached hydrogens (tertiary/aromatic N) is 3. The maximum atomic E-state index is 12.7. The van der Waals surface area contributed by atoms with E-state index in [9.17, 15) is 13.2 Å². The smallest absolute Gasteiger partial charge is 0.311 e. The first-order chi connectivity index (χ1) is 14.0. The Morgan fingerprint density at radius 1 is 1.03 bits per heavy atom. The van der Waals surface area contributed by atoms with E-state index in [0.717, 1.165) is 64.2 Å². The average Bonchev–Trinajstić information content (AvgIpc) is 2.72. The molecular formula is C22H27F3N4. The number of hydrogen-bond donors (Lipinski definition) is 1. The Labute approximate surface area is 169 Å². The van der Waals surface area contributed by atoms with Crippen molar-refractivity contribution >= 4 is 0 Å². The van der Waals surface area contributed by atoms with Gasteiger partial charge in [-0.3, -0.25) is 14.8 Å². The Morgan fingerprint density at radius 2 is 1.83 bits per heavy atom. The van der Waals surface area contributed by atoms with Crippen molar-refractivity contribution in [3.05, 3.63) is 65.0 Å². The van der Waals surface area contributed by atoms with E-state index in [1.165, 1.54) is 23.4 Å². The SMILES string of the molecule is FC(F)(F)c1ccc(C[C@@H]2CN(CCN3CCc4ncccc4C3)CCN2)cc1. The van der Waals surface area contributed by atoms with E-state index >= 15 is 0 Å². The van der Waals surface area contributed by atoms with E-state index in [-0.39, 0.29) is 6.04 Å². The maximum Gasteiger partial charge on any atom is 0.416 e. The molecule has 156 valence electrons. The summed E-state index contributed by atoms with van der Waals surface area (Å²) >= 11 is 0. The molecule has 7 heteroatoms. The van der Waals surface area contributed by atoms with Crippen LogP contribution < -0.4 is 5.32 Å². The molecule has 1 saturated heterocycles. The molecule has 0 unspecified atom stereocenters. The topological polar surface area (TPSA) is 31.4 Å². The van der Waals surface area contributed by atoms with Crippen molar-refractivity contribution in [1.82, 2.24) is 20.1 Å². The lowest BCUT2D eigenvalue weighted by molar-refractivity contribution is -0.137. The molecule has 2 aromatic rings. The monoisotopic (exact) mass is 404 g/mol. The van der Waals surface area contributed by atoms with Gasteiger partial charge in [0.25, 0.3) is 0 Å². The molecule has 0 spiro atoms. The van der Waals surface area contributed by atoms with Crippen molar-refractivity contribution in [2.45, 2.75) is 31.6 Å². The minimum absolute atomic E-state index is 0.270. The van der Waals surface area contributed by atoms with Gasteiger partial charge in [-0.25, -0.2) is 0 Å². The fourth-order valence-electron chi connectivity index (χ4n) is 4.25. The van der Waals surface area contributed by atoms with E-state index < -0.39 is 11.7 Å². The largest absolute Gasteiger partial charge is 0.416 e. The zero-order valence-corrected chi connectivity index (χ0v) is 16.5. The Kier molecular flexibility index (Phi) is 6.18. The van der Waals surface area contributed by atoms with Gasteiger partial charge in [0.1, 0.15) is 0 Å². The number of piperazine rings is 1. The lowest BCUT2D eigenvalue weighted by atomic mass is 10.0. The van der Waals surface area contributed by atoms with Gasteiger partial charge in [0, 0.05) is 70.2 Å². The van der Waals surface area contributed by atoms with Gasteiger partial charge in [0.2, 0.25) is 0 Å². The molecule has 0 amide bonds. The minimum Gasteiger partial charge on any atom is -0.311 e. The van der Waals surface area contributed by atoms with Gasteiger partial charge in [-0.1, -0.05) is 18.2 Å². The molecule has 0 radical (unpaired) electrons. The van der Waals surface area contributed by atoms with Crippen LogP contribution in [0.4, 0.5) is 13.2 Å². The number of hydrogen-bond acceptors (Lipinski definition) is 4. The van der Waals surface area contributed by atoms with Gasteiger partial charge in [-0.2, -0.15) is 13.2 Å². The fourth-order valence-corrected chi connectivity index (χ4v) is 4.25. The van der Waals surface area contributed by atoms with Crippen molar-refractivity contribution in [1.29, 1.82) is 0 Å². The summed E-state index contributed by atoms with van der Waals surface area (Å²) in [6.07, 6.45) is -0.652. The summed E-state index contributed by atoms with van der Waals surface area (Å²) in [7, 11) is 0. The highest BCUT2D eigenvalue weighted by atomic mass is 19.4. The third kappa shape index (κ3) is 5.35. The molecule has 0 aliphatic carbocycles. The van der Waals surface area contributed by atoms with Crippen molar-refractivity contribution in [2.24, 2.45) is 0 Å². The summed E-state index contributed by atoms with van der Waals surface area (Å²) in [6.45, 7) is 6.90. The molecule has 1 fully saturated rings. The molecule has 0 bridgehead atoms. The lowest BCUT2D eigenvalue weighted by Crippen LogP contribution is -2.53.